The number of ether oxygens (including phenoxy) is 1. The van der Waals surface area contributed by atoms with E-state index < -0.39 is 0 Å². The third-order valence-corrected chi connectivity index (χ3v) is 3.77. The summed E-state index contributed by atoms with van der Waals surface area (Å²) in [4.78, 5) is 25.8. The minimum atomic E-state index is -0.213. The summed E-state index contributed by atoms with van der Waals surface area (Å²) in [6, 6.07) is 16.0. The summed E-state index contributed by atoms with van der Waals surface area (Å²) in [6.45, 7) is 5.52. The molecule has 0 saturated carbocycles. The van der Waals surface area contributed by atoms with Crippen LogP contribution in [-0.4, -0.2) is 24.5 Å². The van der Waals surface area contributed by atoms with Crippen LogP contribution < -0.4 is 15.0 Å². The first kappa shape index (κ1) is 20.0. The number of benzene rings is 2. The molecule has 0 aromatic heterocycles. The second kappa shape index (κ2) is 9.39. The highest BCUT2D eigenvalue weighted by atomic mass is 16.5. The predicted octanol–water partition coefficient (Wildman–Crippen LogP) is 3.73. The molecule has 1 N–H and O–H groups in total. The number of amides is 2. The third-order valence-electron chi connectivity index (χ3n) is 3.77. The average molecular weight is 365 g/mol. The molecule has 0 atom stereocenters. The van der Waals surface area contributed by atoms with Gasteiger partial charge in [0, 0.05) is 25.6 Å². The number of rotatable bonds is 7. The zero-order valence-corrected chi connectivity index (χ0v) is 15.7. The molecule has 0 fully saturated rings. The average Bonchev–Trinajstić information content (AvgIpc) is 2.63. The lowest BCUT2D eigenvalue weighted by Crippen LogP contribution is -2.32. The summed E-state index contributed by atoms with van der Waals surface area (Å²) in [7, 11) is 0. The van der Waals surface area contributed by atoms with E-state index in [9.17, 15) is 9.59 Å². The fraction of sp³-hybridized carbons (Fsp3) is 0.286. The Morgan fingerprint density at radius 3 is 2.41 bits per heavy atom. The Labute approximate surface area is 159 Å². The fourth-order valence-corrected chi connectivity index (χ4v) is 2.54. The maximum atomic E-state index is 12.4. The summed E-state index contributed by atoms with van der Waals surface area (Å²) in [5, 5.41) is 11.7. The minimum Gasteiger partial charge on any atom is -0.489 e. The zero-order valence-electron chi connectivity index (χ0n) is 15.7. The Morgan fingerprint density at radius 2 is 1.81 bits per heavy atom. The first-order chi connectivity index (χ1) is 12.9. The van der Waals surface area contributed by atoms with Crippen molar-refractivity contribution in [2.24, 2.45) is 0 Å². The van der Waals surface area contributed by atoms with Crippen molar-refractivity contribution in [3.05, 3.63) is 54.1 Å². The van der Waals surface area contributed by atoms with Crippen LogP contribution in [0.4, 0.5) is 11.4 Å². The van der Waals surface area contributed by atoms with Crippen LogP contribution in [0.5, 0.6) is 5.75 Å². The summed E-state index contributed by atoms with van der Waals surface area (Å²) >= 11 is 0. The van der Waals surface area contributed by atoms with E-state index in [0.29, 0.717) is 22.7 Å². The second-order valence-corrected chi connectivity index (χ2v) is 6.29. The standard InChI is InChI=1S/C21H23N3O3/c1-15(2)27-20-7-5-4-6-19(20)23-21(26)12-13-24(16(3)25)18-10-8-17(14-22)9-11-18/h4-11,15H,12-13H2,1-3H3,(H,23,26). The molecule has 2 aromatic rings. The maximum absolute atomic E-state index is 12.4. The van der Waals surface area contributed by atoms with Crippen LogP contribution in [-0.2, 0) is 9.59 Å². The molecule has 0 radical (unpaired) electrons. The van der Waals surface area contributed by atoms with Crippen LogP contribution in [0, 0.1) is 11.3 Å². The van der Waals surface area contributed by atoms with Crippen molar-refractivity contribution >= 4 is 23.2 Å². The number of nitrogens with zero attached hydrogens (tertiary/aromatic N) is 2. The monoisotopic (exact) mass is 365 g/mol. The van der Waals surface area contributed by atoms with Crippen molar-refractivity contribution in [1.82, 2.24) is 0 Å². The van der Waals surface area contributed by atoms with Crippen LogP contribution in [0.2, 0.25) is 0 Å². The number of para-hydroxylation sites is 2. The molecule has 6 nitrogen and oxygen atoms in total. The van der Waals surface area contributed by atoms with Gasteiger partial charge in [-0.05, 0) is 50.2 Å². The van der Waals surface area contributed by atoms with Gasteiger partial charge in [0.1, 0.15) is 5.75 Å². The van der Waals surface area contributed by atoms with Gasteiger partial charge in [-0.15, -0.1) is 0 Å². The van der Waals surface area contributed by atoms with Crippen LogP contribution in [0.1, 0.15) is 32.8 Å². The lowest BCUT2D eigenvalue weighted by molar-refractivity contribution is -0.117. The molecule has 27 heavy (non-hydrogen) atoms. The number of carbonyl (C=O) groups excluding carboxylic acids is 2. The van der Waals surface area contributed by atoms with E-state index in [-0.39, 0.29) is 30.9 Å². The largest absolute Gasteiger partial charge is 0.489 e. The quantitative estimate of drug-likeness (QED) is 0.810. The molecule has 0 heterocycles. The molecule has 0 bridgehead atoms. The van der Waals surface area contributed by atoms with Crippen LogP contribution in [0.25, 0.3) is 0 Å². The highest BCUT2D eigenvalue weighted by Gasteiger charge is 2.15. The van der Waals surface area contributed by atoms with Gasteiger partial charge < -0.3 is 15.0 Å². The number of nitrogens with one attached hydrogen (secondary N) is 1. The van der Waals surface area contributed by atoms with Crippen molar-refractivity contribution in [3.63, 3.8) is 0 Å². The van der Waals surface area contributed by atoms with E-state index in [1.54, 1.807) is 36.4 Å². The molecule has 0 aliphatic carbocycles. The van der Waals surface area contributed by atoms with E-state index in [2.05, 4.69) is 5.32 Å². The van der Waals surface area contributed by atoms with E-state index in [0.717, 1.165) is 0 Å². The Balaban J connectivity index is 2.02. The smallest absolute Gasteiger partial charge is 0.226 e. The van der Waals surface area contributed by atoms with Crippen LogP contribution >= 0.6 is 0 Å². The van der Waals surface area contributed by atoms with Gasteiger partial charge >= 0.3 is 0 Å². The second-order valence-electron chi connectivity index (χ2n) is 6.29. The summed E-state index contributed by atoms with van der Waals surface area (Å²) in [5.41, 5.74) is 1.77. The van der Waals surface area contributed by atoms with Gasteiger partial charge in [0.25, 0.3) is 0 Å². The predicted molar refractivity (Wildman–Crippen MR) is 105 cm³/mol. The van der Waals surface area contributed by atoms with Gasteiger partial charge in [-0.1, -0.05) is 12.1 Å². The molecule has 0 aliphatic heterocycles. The summed E-state index contributed by atoms with van der Waals surface area (Å²) in [6.07, 6.45) is 0.128. The molecule has 2 amide bonds. The molecular weight excluding hydrogens is 342 g/mol. The van der Waals surface area contributed by atoms with Gasteiger partial charge in [0.05, 0.1) is 23.4 Å². The van der Waals surface area contributed by atoms with E-state index in [4.69, 9.17) is 10.00 Å². The first-order valence-corrected chi connectivity index (χ1v) is 8.74. The number of anilines is 2. The Hall–Kier alpha value is -3.33. The van der Waals surface area contributed by atoms with Gasteiger partial charge in [-0.2, -0.15) is 5.26 Å². The third kappa shape index (κ3) is 5.86. The fourth-order valence-electron chi connectivity index (χ4n) is 2.54. The highest BCUT2D eigenvalue weighted by Crippen LogP contribution is 2.25. The Bertz CT molecular complexity index is 838. The van der Waals surface area contributed by atoms with Crippen molar-refractivity contribution in [2.45, 2.75) is 33.3 Å². The van der Waals surface area contributed by atoms with E-state index in [1.807, 2.05) is 32.0 Å². The molecule has 2 aromatic carbocycles. The number of carbonyl (C=O) groups is 2. The summed E-state index contributed by atoms with van der Waals surface area (Å²) < 4.78 is 5.70. The van der Waals surface area contributed by atoms with E-state index in [1.165, 1.54) is 11.8 Å². The van der Waals surface area contributed by atoms with Gasteiger partial charge in [-0.3, -0.25) is 9.59 Å². The summed E-state index contributed by atoms with van der Waals surface area (Å²) in [5.74, 6) is 0.224. The lowest BCUT2D eigenvalue weighted by atomic mass is 10.2. The van der Waals surface area contributed by atoms with Crippen molar-refractivity contribution in [3.8, 4) is 11.8 Å². The SMILES string of the molecule is CC(=O)N(CCC(=O)Nc1ccccc1OC(C)C)c1ccc(C#N)cc1. The first-order valence-electron chi connectivity index (χ1n) is 8.74. The molecule has 0 aliphatic rings. The molecular formula is C21H23N3O3. The minimum absolute atomic E-state index is 0.00682. The van der Waals surface area contributed by atoms with E-state index >= 15 is 0 Å². The molecule has 0 spiro atoms. The molecule has 0 unspecified atom stereocenters. The van der Waals surface area contributed by atoms with Crippen molar-refractivity contribution in [2.75, 3.05) is 16.8 Å². The van der Waals surface area contributed by atoms with Crippen molar-refractivity contribution < 1.29 is 14.3 Å². The molecule has 0 saturated heterocycles. The Morgan fingerprint density at radius 1 is 1.15 bits per heavy atom. The number of hydrogen-bond donors (Lipinski definition) is 1. The van der Waals surface area contributed by atoms with Gasteiger partial charge in [0.15, 0.2) is 0 Å². The normalized spacial score (nSPS) is 10.2. The zero-order chi connectivity index (χ0) is 19.8. The Kier molecular flexibility index (Phi) is 6.95. The maximum Gasteiger partial charge on any atom is 0.226 e. The molecule has 2 rings (SSSR count). The van der Waals surface area contributed by atoms with Crippen LogP contribution in [0.3, 0.4) is 0 Å². The van der Waals surface area contributed by atoms with Crippen LogP contribution in [0.15, 0.2) is 48.5 Å². The van der Waals surface area contributed by atoms with Gasteiger partial charge in [0.2, 0.25) is 11.8 Å². The van der Waals surface area contributed by atoms with Gasteiger partial charge in [-0.25, -0.2) is 0 Å². The topological polar surface area (TPSA) is 82.4 Å². The molecule has 6 heteroatoms. The number of nitriles is 1. The lowest BCUT2D eigenvalue weighted by Gasteiger charge is -2.21. The highest BCUT2D eigenvalue weighted by molar-refractivity contribution is 5.95. The van der Waals surface area contributed by atoms with Crippen molar-refractivity contribution in [1.29, 1.82) is 5.26 Å². The molecule has 140 valence electrons. The number of hydrogen-bond acceptors (Lipinski definition) is 4.